The number of methoxy groups -OCH3 is 1. The standard InChI is InChI=1S/C19H30N2O3.2ClH/c1-3-24-17-5-4-16(14-18(17)22-2)19(15-6-12-23-13-7-15)21-10-8-20-9-11-21;;/h4-5,14-15,19-20H,3,6-13H2,1-2H3;2*1H/t19-;;/m0../s1. The lowest BCUT2D eigenvalue weighted by Gasteiger charge is -2.41. The van der Waals surface area contributed by atoms with Gasteiger partial charge < -0.3 is 19.5 Å². The van der Waals surface area contributed by atoms with Crippen LogP contribution in [-0.2, 0) is 4.74 Å². The van der Waals surface area contributed by atoms with E-state index in [-0.39, 0.29) is 24.8 Å². The quantitative estimate of drug-likeness (QED) is 0.784. The molecule has 2 fully saturated rings. The molecule has 7 heteroatoms. The van der Waals surface area contributed by atoms with Gasteiger partial charge in [0.15, 0.2) is 11.5 Å². The molecule has 2 heterocycles. The number of benzene rings is 1. The Morgan fingerprint density at radius 3 is 2.46 bits per heavy atom. The Kier molecular flexibility index (Phi) is 10.7. The molecule has 3 rings (SSSR count). The van der Waals surface area contributed by atoms with E-state index in [2.05, 4.69) is 28.4 Å². The van der Waals surface area contributed by atoms with Gasteiger partial charge in [0.1, 0.15) is 0 Å². The fourth-order valence-electron chi connectivity index (χ4n) is 3.92. The summed E-state index contributed by atoms with van der Waals surface area (Å²) >= 11 is 0. The first-order chi connectivity index (χ1) is 11.8. The molecule has 0 aliphatic carbocycles. The van der Waals surface area contributed by atoms with Crippen molar-refractivity contribution in [1.82, 2.24) is 10.2 Å². The number of hydrogen-bond donors (Lipinski definition) is 1. The van der Waals surface area contributed by atoms with Gasteiger partial charge in [-0.1, -0.05) is 6.07 Å². The van der Waals surface area contributed by atoms with Crippen LogP contribution < -0.4 is 14.8 Å². The first-order valence-electron chi connectivity index (χ1n) is 9.16. The van der Waals surface area contributed by atoms with E-state index < -0.39 is 0 Å². The molecular weight excluding hydrogens is 375 g/mol. The summed E-state index contributed by atoms with van der Waals surface area (Å²) in [5, 5.41) is 3.46. The van der Waals surface area contributed by atoms with Crippen molar-refractivity contribution in [3.05, 3.63) is 23.8 Å². The van der Waals surface area contributed by atoms with E-state index in [1.807, 2.05) is 6.92 Å². The Labute approximate surface area is 169 Å². The average molecular weight is 407 g/mol. The van der Waals surface area contributed by atoms with Gasteiger partial charge in [0.05, 0.1) is 13.7 Å². The topological polar surface area (TPSA) is 43.0 Å². The van der Waals surface area contributed by atoms with Gasteiger partial charge in [0.25, 0.3) is 0 Å². The van der Waals surface area contributed by atoms with Crippen molar-refractivity contribution in [2.45, 2.75) is 25.8 Å². The van der Waals surface area contributed by atoms with Gasteiger partial charge in [-0.15, -0.1) is 24.8 Å². The SMILES string of the molecule is CCOc1ccc([C@H](C2CCOCC2)N2CCNCC2)cc1OC.Cl.Cl. The molecule has 1 atom stereocenters. The Bertz CT molecular complexity index is 504. The summed E-state index contributed by atoms with van der Waals surface area (Å²) in [5.41, 5.74) is 1.34. The van der Waals surface area contributed by atoms with Gasteiger partial charge in [0, 0.05) is 45.4 Å². The Hall–Kier alpha value is -0.720. The third-order valence-electron chi connectivity index (χ3n) is 5.09. The molecule has 0 amide bonds. The molecule has 0 spiro atoms. The minimum atomic E-state index is 0. The van der Waals surface area contributed by atoms with Crippen molar-refractivity contribution < 1.29 is 14.2 Å². The highest BCUT2D eigenvalue weighted by atomic mass is 35.5. The number of rotatable bonds is 6. The van der Waals surface area contributed by atoms with Gasteiger partial charge in [-0.05, 0) is 43.4 Å². The zero-order valence-corrected chi connectivity index (χ0v) is 17.4. The second-order valence-corrected chi connectivity index (χ2v) is 6.52. The highest BCUT2D eigenvalue weighted by Gasteiger charge is 2.31. The highest BCUT2D eigenvalue weighted by molar-refractivity contribution is 5.85. The lowest BCUT2D eigenvalue weighted by molar-refractivity contribution is 0.0212. The van der Waals surface area contributed by atoms with Gasteiger partial charge in [0.2, 0.25) is 0 Å². The third kappa shape index (κ3) is 5.64. The molecule has 0 bridgehead atoms. The lowest BCUT2D eigenvalue weighted by Crippen LogP contribution is -2.47. The first kappa shape index (κ1) is 23.3. The molecule has 0 unspecified atom stereocenters. The van der Waals surface area contributed by atoms with Crippen molar-refractivity contribution in [2.75, 3.05) is 53.1 Å². The molecule has 0 saturated carbocycles. The number of nitrogens with zero attached hydrogens (tertiary/aromatic N) is 1. The molecule has 2 aliphatic heterocycles. The monoisotopic (exact) mass is 406 g/mol. The Balaban J connectivity index is 0.00000169. The maximum Gasteiger partial charge on any atom is 0.161 e. The number of halogens is 2. The molecule has 0 radical (unpaired) electrons. The molecule has 1 aromatic rings. The molecule has 150 valence electrons. The largest absolute Gasteiger partial charge is 0.493 e. The fourth-order valence-corrected chi connectivity index (χ4v) is 3.92. The van der Waals surface area contributed by atoms with Crippen LogP contribution in [0.3, 0.4) is 0 Å². The molecular formula is C19H32Cl2N2O3. The molecule has 5 nitrogen and oxygen atoms in total. The smallest absolute Gasteiger partial charge is 0.161 e. The number of hydrogen-bond acceptors (Lipinski definition) is 5. The van der Waals surface area contributed by atoms with Crippen LogP contribution in [0.15, 0.2) is 18.2 Å². The van der Waals surface area contributed by atoms with Crippen LogP contribution in [0.2, 0.25) is 0 Å². The van der Waals surface area contributed by atoms with E-state index in [1.54, 1.807) is 7.11 Å². The summed E-state index contributed by atoms with van der Waals surface area (Å²) in [7, 11) is 1.72. The minimum absolute atomic E-state index is 0. The van der Waals surface area contributed by atoms with Crippen molar-refractivity contribution in [2.24, 2.45) is 5.92 Å². The third-order valence-corrected chi connectivity index (χ3v) is 5.09. The van der Waals surface area contributed by atoms with Crippen LogP contribution in [0.1, 0.15) is 31.4 Å². The number of ether oxygens (including phenoxy) is 3. The maximum absolute atomic E-state index is 5.68. The van der Waals surface area contributed by atoms with E-state index in [0.29, 0.717) is 18.6 Å². The van der Waals surface area contributed by atoms with Crippen LogP contribution in [-0.4, -0.2) is 58.0 Å². The van der Waals surface area contributed by atoms with E-state index in [0.717, 1.165) is 63.7 Å². The van der Waals surface area contributed by atoms with Crippen molar-refractivity contribution in [3.63, 3.8) is 0 Å². The van der Waals surface area contributed by atoms with Crippen LogP contribution in [0, 0.1) is 5.92 Å². The zero-order chi connectivity index (χ0) is 16.8. The van der Waals surface area contributed by atoms with Crippen LogP contribution in [0.5, 0.6) is 11.5 Å². The van der Waals surface area contributed by atoms with Crippen LogP contribution in [0.25, 0.3) is 0 Å². The molecule has 1 aromatic carbocycles. The summed E-state index contributed by atoms with van der Waals surface area (Å²) in [6.45, 7) is 8.72. The summed E-state index contributed by atoms with van der Waals surface area (Å²) < 4.78 is 16.9. The molecule has 2 aliphatic rings. The maximum atomic E-state index is 5.68. The minimum Gasteiger partial charge on any atom is -0.493 e. The predicted octanol–water partition coefficient (Wildman–Crippen LogP) is 3.31. The van der Waals surface area contributed by atoms with Crippen LogP contribution >= 0.6 is 24.8 Å². The van der Waals surface area contributed by atoms with Gasteiger partial charge in [-0.3, -0.25) is 4.90 Å². The van der Waals surface area contributed by atoms with E-state index in [1.165, 1.54) is 5.56 Å². The predicted molar refractivity (Wildman–Crippen MR) is 109 cm³/mol. The lowest BCUT2D eigenvalue weighted by atomic mass is 9.85. The first-order valence-corrected chi connectivity index (χ1v) is 9.16. The van der Waals surface area contributed by atoms with Crippen LogP contribution in [0.4, 0.5) is 0 Å². The van der Waals surface area contributed by atoms with Gasteiger partial charge in [-0.2, -0.15) is 0 Å². The molecule has 0 aromatic heterocycles. The Morgan fingerprint density at radius 2 is 1.85 bits per heavy atom. The van der Waals surface area contributed by atoms with E-state index in [9.17, 15) is 0 Å². The highest BCUT2D eigenvalue weighted by Crippen LogP contribution is 2.39. The van der Waals surface area contributed by atoms with E-state index in [4.69, 9.17) is 14.2 Å². The summed E-state index contributed by atoms with van der Waals surface area (Å²) in [6, 6.07) is 6.88. The molecule has 1 N–H and O–H groups in total. The zero-order valence-electron chi connectivity index (χ0n) is 15.7. The fraction of sp³-hybridized carbons (Fsp3) is 0.684. The number of nitrogens with one attached hydrogen (secondary N) is 1. The number of piperazine rings is 1. The second kappa shape index (κ2) is 11.9. The van der Waals surface area contributed by atoms with Crippen molar-refractivity contribution in [3.8, 4) is 11.5 Å². The Morgan fingerprint density at radius 1 is 1.15 bits per heavy atom. The van der Waals surface area contributed by atoms with Gasteiger partial charge >= 0.3 is 0 Å². The summed E-state index contributed by atoms with van der Waals surface area (Å²) in [5.74, 6) is 2.30. The average Bonchev–Trinajstić information content (AvgIpc) is 2.65. The summed E-state index contributed by atoms with van der Waals surface area (Å²) in [4.78, 5) is 2.63. The summed E-state index contributed by atoms with van der Waals surface area (Å²) in [6.07, 6.45) is 2.26. The second-order valence-electron chi connectivity index (χ2n) is 6.52. The van der Waals surface area contributed by atoms with E-state index >= 15 is 0 Å². The molecule has 2 saturated heterocycles. The van der Waals surface area contributed by atoms with Crippen molar-refractivity contribution in [1.29, 1.82) is 0 Å². The van der Waals surface area contributed by atoms with Crippen molar-refractivity contribution >= 4 is 24.8 Å². The van der Waals surface area contributed by atoms with Gasteiger partial charge in [-0.25, -0.2) is 0 Å². The molecule has 26 heavy (non-hydrogen) atoms. The normalized spacial score (nSPS) is 19.8.